The number of ketones is 1. The van der Waals surface area contributed by atoms with Crippen molar-refractivity contribution in [3.8, 4) is 0 Å². The molecule has 2 aliphatic rings. The van der Waals surface area contributed by atoms with Crippen molar-refractivity contribution in [3.05, 3.63) is 23.8 Å². The van der Waals surface area contributed by atoms with Crippen molar-refractivity contribution >= 4 is 29.2 Å². The molecule has 3 rings (SSSR count). The lowest BCUT2D eigenvalue weighted by atomic mass is 10.1. The second kappa shape index (κ2) is 9.56. The van der Waals surface area contributed by atoms with Crippen LogP contribution in [0, 0.1) is 11.6 Å². The molecule has 1 aromatic carbocycles. The molecule has 0 bridgehead atoms. The number of halogens is 2. The molecule has 2 aliphatic heterocycles. The van der Waals surface area contributed by atoms with Gasteiger partial charge in [0.25, 0.3) is 5.91 Å². The van der Waals surface area contributed by atoms with E-state index in [1.54, 1.807) is 12.1 Å². The van der Waals surface area contributed by atoms with Gasteiger partial charge in [0.05, 0.1) is 18.8 Å². The van der Waals surface area contributed by atoms with Crippen LogP contribution in [-0.4, -0.2) is 85.4 Å². The van der Waals surface area contributed by atoms with Gasteiger partial charge in [-0.15, -0.1) is 0 Å². The number of anilines is 2. The van der Waals surface area contributed by atoms with Gasteiger partial charge in [-0.25, -0.2) is 18.6 Å². The highest BCUT2D eigenvalue weighted by molar-refractivity contribution is 5.90. The molecule has 2 heterocycles. The molecule has 2 amide bonds. The third-order valence-electron chi connectivity index (χ3n) is 5.43. The van der Waals surface area contributed by atoms with Crippen molar-refractivity contribution in [2.75, 3.05) is 56.2 Å². The summed E-state index contributed by atoms with van der Waals surface area (Å²) >= 11 is 0. The molecule has 1 N–H and O–H groups in total. The van der Waals surface area contributed by atoms with Crippen LogP contribution in [0.2, 0.25) is 0 Å². The van der Waals surface area contributed by atoms with Crippen LogP contribution < -0.4 is 9.80 Å². The molecule has 0 radical (unpaired) electrons. The zero-order valence-corrected chi connectivity index (χ0v) is 17.5. The van der Waals surface area contributed by atoms with Crippen LogP contribution >= 0.6 is 0 Å². The monoisotopic (exact) mass is 440 g/mol. The van der Waals surface area contributed by atoms with Gasteiger partial charge in [-0.1, -0.05) is 0 Å². The lowest BCUT2D eigenvalue weighted by Gasteiger charge is -2.28. The van der Waals surface area contributed by atoms with Gasteiger partial charge in [0, 0.05) is 45.2 Å². The van der Waals surface area contributed by atoms with Gasteiger partial charge in [-0.2, -0.15) is 0 Å². The molecule has 31 heavy (non-hydrogen) atoms. The maximum atomic E-state index is 14.9. The molecule has 0 aromatic heterocycles. The Labute approximate surface area is 178 Å². The van der Waals surface area contributed by atoms with E-state index in [1.807, 2.05) is 0 Å². The molecule has 0 unspecified atom stereocenters. The lowest BCUT2D eigenvalue weighted by molar-refractivity contribution is -0.148. The number of Topliss-reactive ketones (excluding diaryl/α,β-unsaturated/α-hetero) is 1. The Morgan fingerprint density at radius 2 is 1.81 bits per heavy atom. The summed E-state index contributed by atoms with van der Waals surface area (Å²) in [6, 6.07) is 2.16. The average molecular weight is 440 g/mol. The third kappa shape index (κ3) is 5.10. The second-order valence-electron chi connectivity index (χ2n) is 7.66. The fraction of sp³-hybridized carbons (Fsp3) is 0.550. The Morgan fingerprint density at radius 1 is 1.16 bits per heavy atom. The third-order valence-corrected chi connectivity index (χ3v) is 5.43. The van der Waals surface area contributed by atoms with Crippen LogP contribution in [0.5, 0.6) is 0 Å². The quantitative estimate of drug-likeness (QED) is 0.709. The smallest absolute Gasteiger partial charge is 0.414 e. The van der Waals surface area contributed by atoms with Crippen molar-refractivity contribution in [1.82, 2.24) is 10.0 Å². The molecule has 2 fully saturated rings. The summed E-state index contributed by atoms with van der Waals surface area (Å²) < 4.78 is 35.1. The summed E-state index contributed by atoms with van der Waals surface area (Å²) in [5.74, 6) is -2.19. The minimum absolute atomic E-state index is 0.0294. The molecular weight excluding hydrogens is 414 g/mol. The molecule has 2 saturated heterocycles. The summed E-state index contributed by atoms with van der Waals surface area (Å²) in [6.45, 7) is 1.81. The molecule has 9 nitrogen and oxygen atoms in total. The van der Waals surface area contributed by atoms with E-state index in [4.69, 9.17) is 9.84 Å². The number of cyclic esters (lactones) is 1. The molecule has 1 aromatic rings. The Hall–Kier alpha value is -2.79. The van der Waals surface area contributed by atoms with Crippen molar-refractivity contribution in [2.24, 2.45) is 0 Å². The van der Waals surface area contributed by atoms with Gasteiger partial charge in [-0.3, -0.25) is 14.7 Å². The summed E-state index contributed by atoms with van der Waals surface area (Å²) in [7, 11) is 1.66. The van der Waals surface area contributed by atoms with Crippen LogP contribution in [-0.2, 0) is 14.3 Å². The molecule has 0 saturated carbocycles. The van der Waals surface area contributed by atoms with Gasteiger partial charge in [-0.05, 0) is 13.3 Å². The highest BCUT2D eigenvalue weighted by Crippen LogP contribution is 2.32. The van der Waals surface area contributed by atoms with Crippen molar-refractivity contribution < 1.29 is 33.0 Å². The fourth-order valence-corrected chi connectivity index (χ4v) is 3.76. The molecule has 170 valence electrons. The van der Waals surface area contributed by atoms with Gasteiger partial charge in [0.2, 0.25) is 0 Å². The van der Waals surface area contributed by atoms with Crippen LogP contribution in [0.3, 0.4) is 0 Å². The normalized spacial score (nSPS) is 20.1. The number of aliphatic hydroxyl groups is 1. The number of hydrogen-bond donors (Lipinski definition) is 1. The molecule has 0 spiro atoms. The van der Waals surface area contributed by atoms with Crippen molar-refractivity contribution in [2.45, 2.75) is 25.9 Å². The predicted molar refractivity (Wildman–Crippen MR) is 108 cm³/mol. The van der Waals surface area contributed by atoms with E-state index in [0.29, 0.717) is 13.0 Å². The van der Waals surface area contributed by atoms with E-state index in [-0.39, 0.29) is 49.8 Å². The van der Waals surface area contributed by atoms with Crippen molar-refractivity contribution in [1.29, 1.82) is 0 Å². The SMILES string of the molecule is CC(=O)CC[C@H]1CN(c2cc(F)c(N3CCN(C)N(C(=O)CO)CC3)c(F)c2)C(=O)O1. The highest BCUT2D eigenvalue weighted by atomic mass is 19.1. The van der Waals surface area contributed by atoms with Gasteiger partial charge in [0.15, 0.2) is 11.6 Å². The highest BCUT2D eigenvalue weighted by Gasteiger charge is 2.34. The van der Waals surface area contributed by atoms with Crippen molar-refractivity contribution in [3.63, 3.8) is 0 Å². The first-order valence-electron chi connectivity index (χ1n) is 10.0. The topological polar surface area (TPSA) is 93.6 Å². The molecule has 11 heteroatoms. The maximum Gasteiger partial charge on any atom is 0.414 e. The number of amides is 2. The Kier molecular flexibility index (Phi) is 7.06. The van der Waals surface area contributed by atoms with Gasteiger partial charge >= 0.3 is 6.09 Å². The first-order chi connectivity index (χ1) is 14.7. The number of ether oxygens (including phenoxy) is 1. The summed E-state index contributed by atoms with van der Waals surface area (Å²) in [6.07, 6.45) is -0.620. The average Bonchev–Trinajstić information content (AvgIpc) is 2.98. The Bertz CT molecular complexity index is 845. The largest absolute Gasteiger partial charge is 0.444 e. The number of hydrazine groups is 1. The standard InChI is InChI=1S/C20H26F2N4O5/c1-13(28)3-4-15-11-25(20(30)31-15)14-9-16(21)19(17(22)10-14)24-6-5-23(2)26(8-7-24)18(29)12-27/h9-10,15,27H,3-8,11-12H2,1-2H3/t15-/m0/s1. The van der Waals surface area contributed by atoms with Crippen LogP contribution in [0.1, 0.15) is 19.8 Å². The minimum atomic E-state index is -0.834. The number of rotatable bonds is 6. The first kappa shape index (κ1) is 22.9. The van der Waals surface area contributed by atoms with Crippen LogP contribution in [0.4, 0.5) is 25.0 Å². The van der Waals surface area contributed by atoms with E-state index >= 15 is 0 Å². The van der Waals surface area contributed by atoms with E-state index in [2.05, 4.69) is 0 Å². The van der Waals surface area contributed by atoms with Crippen LogP contribution in [0.15, 0.2) is 12.1 Å². The number of carbonyl (C=O) groups excluding carboxylic acids is 3. The Morgan fingerprint density at radius 3 is 2.42 bits per heavy atom. The summed E-state index contributed by atoms with van der Waals surface area (Å²) in [5, 5.41) is 12.0. The van der Waals surface area contributed by atoms with E-state index in [9.17, 15) is 23.2 Å². The van der Waals surface area contributed by atoms with E-state index in [0.717, 1.165) is 17.0 Å². The van der Waals surface area contributed by atoms with E-state index < -0.39 is 36.3 Å². The molecular formula is C20H26F2N4O5. The maximum absolute atomic E-state index is 14.9. The summed E-state index contributed by atoms with van der Waals surface area (Å²) in [4.78, 5) is 37.8. The lowest BCUT2D eigenvalue weighted by Crippen LogP contribution is -2.46. The number of nitrogens with zero attached hydrogens (tertiary/aromatic N) is 4. The first-order valence-corrected chi connectivity index (χ1v) is 10.0. The number of carbonyl (C=O) groups is 3. The summed E-state index contributed by atoms with van der Waals surface area (Å²) in [5.41, 5.74) is -0.200. The van der Waals surface area contributed by atoms with Crippen LogP contribution in [0.25, 0.3) is 0 Å². The molecule has 1 atom stereocenters. The fourth-order valence-electron chi connectivity index (χ4n) is 3.76. The number of aliphatic hydroxyl groups excluding tert-OH is 1. The second-order valence-corrected chi connectivity index (χ2v) is 7.66. The number of likely N-dealkylation sites (N-methyl/N-ethyl adjacent to an activating group) is 1. The number of benzene rings is 1. The van der Waals surface area contributed by atoms with Gasteiger partial charge < -0.3 is 19.5 Å². The predicted octanol–water partition coefficient (Wildman–Crippen LogP) is 1.15. The zero-order chi connectivity index (χ0) is 22.7. The van der Waals surface area contributed by atoms with Gasteiger partial charge in [0.1, 0.15) is 24.2 Å². The zero-order valence-electron chi connectivity index (χ0n) is 17.5. The molecule has 0 aliphatic carbocycles. The minimum Gasteiger partial charge on any atom is -0.444 e. The van der Waals surface area contributed by atoms with E-state index in [1.165, 1.54) is 16.8 Å². The Balaban J connectivity index is 1.76. The number of hydrogen-bond acceptors (Lipinski definition) is 7.